The summed E-state index contributed by atoms with van der Waals surface area (Å²) in [7, 11) is 0. The minimum atomic E-state index is -0.331. The van der Waals surface area contributed by atoms with Crippen molar-refractivity contribution in [2.75, 3.05) is 13.1 Å². The first-order chi connectivity index (χ1) is 8.99. The van der Waals surface area contributed by atoms with Crippen LogP contribution in [0.15, 0.2) is 18.2 Å². The van der Waals surface area contributed by atoms with Crippen LogP contribution in [0.4, 0.5) is 4.39 Å². The Morgan fingerprint density at radius 1 is 1.47 bits per heavy atom. The maximum atomic E-state index is 13.5. The molecule has 19 heavy (non-hydrogen) atoms. The number of piperazine rings is 1. The van der Waals surface area contributed by atoms with E-state index < -0.39 is 0 Å². The molecule has 2 rings (SSSR count). The fourth-order valence-electron chi connectivity index (χ4n) is 2.50. The lowest BCUT2D eigenvalue weighted by molar-refractivity contribution is 0.116. The van der Waals surface area contributed by atoms with Gasteiger partial charge in [0.05, 0.1) is 5.02 Å². The largest absolute Gasteiger partial charge is 0.311 e. The number of nitrogens with zero attached hydrogens (tertiary/aromatic N) is 1. The van der Waals surface area contributed by atoms with E-state index in [1.54, 1.807) is 6.07 Å². The smallest absolute Gasteiger partial charge is 0.142 e. The van der Waals surface area contributed by atoms with Crippen LogP contribution in [0.25, 0.3) is 0 Å². The van der Waals surface area contributed by atoms with Crippen molar-refractivity contribution >= 4 is 11.6 Å². The lowest BCUT2D eigenvalue weighted by Gasteiger charge is -2.40. The molecular formula is C15H22ClFN2. The predicted molar refractivity (Wildman–Crippen MR) is 77.9 cm³/mol. The molecule has 0 aromatic heterocycles. The van der Waals surface area contributed by atoms with Crippen molar-refractivity contribution < 1.29 is 4.39 Å². The molecule has 0 radical (unpaired) electrons. The maximum Gasteiger partial charge on any atom is 0.142 e. The van der Waals surface area contributed by atoms with Gasteiger partial charge in [-0.25, -0.2) is 4.39 Å². The topological polar surface area (TPSA) is 15.3 Å². The first kappa shape index (κ1) is 14.8. The fourth-order valence-corrected chi connectivity index (χ4v) is 2.69. The van der Waals surface area contributed by atoms with E-state index >= 15 is 0 Å². The molecule has 0 aliphatic carbocycles. The Kier molecular flexibility index (Phi) is 4.82. The summed E-state index contributed by atoms with van der Waals surface area (Å²) in [6.07, 6.45) is 0. The quantitative estimate of drug-likeness (QED) is 0.916. The Hall–Kier alpha value is -0.640. The van der Waals surface area contributed by atoms with Gasteiger partial charge in [0.2, 0.25) is 0 Å². The highest BCUT2D eigenvalue weighted by Gasteiger charge is 2.27. The first-order valence-corrected chi connectivity index (χ1v) is 7.27. The average Bonchev–Trinajstić information content (AvgIpc) is 2.37. The normalized spacial score (nSPS) is 24.9. The van der Waals surface area contributed by atoms with Crippen LogP contribution >= 0.6 is 11.6 Å². The molecular weight excluding hydrogens is 263 g/mol. The van der Waals surface area contributed by atoms with Gasteiger partial charge in [0.25, 0.3) is 0 Å². The second kappa shape index (κ2) is 6.21. The van der Waals surface area contributed by atoms with E-state index in [0.29, 0.717) is 24.5 Å². The van der Waals surface area contributed by atoms with Gasteiger partial charge in [0, 0.05) is 31.7 Å². The van der Waals surface area contributed by atoms with Crippen LogP contribution < -0.4 is 5.32 Å². The van der Waals surface area contributed by atoms with Crippen LogP contribution in [0.1, 0.15) is 26.3 Å². The van der Waals surface area contributed by atoms with Gasteiger partial charge < -0.3 is 5.32 Å². The van der Waals surface area contributed by atoms with Gasteiger partial charge in [0.15, 0.2) is 0 Å². The van der Waals surface area contributed by atoms with E-state index in [1.807, 2.05) is 6.07 Å². The molecule has 2 nitrogen and oxygen atoms in total. The summed E-state index contributed by atoms with van der Waals surface area (Å²) in [5, 5.41) is 3.82. The third-order valence-electron chi connectivity index (χ3n) is 3.94. The van der Waals surface area contributed by atoms with Crippen LogP contribution in [0.3, 0.4) is 0 Å². The molecule has 2 atom stereocenters. The zero-order chi connectivity index (χ0) is 14.0. The number of nitrogens with one attached hydrogen (secondary N) is 1. The van der Waals surface area contributed by atoms with Crippen molar-refractivity contribution in [2.45, 2.75) is 39.4 Å². The number of hydrogen-bond donors (Lipinski definition) is 1. The molecule has 0 amide bonds. The van der Waals surface area contributed by atoms with E-state index in [-0.39, 0.29) is 10.8 Å². The molecule has 1 fully saturated rings. The first-order valence-electron chi connectivity index (χ1n) is 6.89. The third-order valence-corrected chi connectivity index (χ3v) is 4.36. The van der Waals surface area contributed by atoms with E-state index in [2.05, 4.69) is 31.0 Å². The van der Waals surface area contributed by atoms with Crippen LogP contribution in [-0.2, 0) is 6.54 Å². The van der Waals surface area contributed by atoms with Crippen LogP contribution in [-0.4, -0.2) is 30.1 Å². The Bertz CT molecular complexity index is 436. The fraction of sp³-hybridized carbons (Fsp3) is 0.600. The maximum absolute atomic E-state index is 13.5. The van der Waals surface area contributed by atoms with Crippen LogP contribution in [0.2, 0.25) is 5.02 Å². The molecule has 0 saturated carbocycles. The van der Waals surface area contributed by atoms with Crippen LogP contribution in [0, 0.1) is 11.7 Å². The highest BCUT2D eigenvalue weighted by Crippen LogP contribution is 2.23. The Balaban J connectivity index is 2.10. The molecule has 1 aromatic rings. The van der Waals surface area contributed by atoms with Crippen molar-refractivity contribution in [3.8, 4) is 0 Å². The minimum absolute atomic E-state index is 0.259. The number of rotatable bonds is 3. The van der Waals surface area contributed by atoms with Crippen LogP contribution in [0.5, 0.6) is 0 Å². The van der Waals surface area contributed by atoms with E-state index in [1.165, 1.54) is 6.07 Å². The van der Waals surface area contributed by atoms with Gasteiger partial charge >= 0.3 is 0 Å². The Morgan fingerprint density at radius 3 is 2.89 bits per heavy atom. The second-order valence-corrected chi connectivity index (χ2v) is 6.13. The number of halogens is 2. The summed E-state index contributed by atoms with van der Waals surface area (Å²) >= 11 is 6.04. The third kappa shape index (κ3) is 3.47. The minimum Gasteiger partial charge on any atom is -0.311 e. The molecule has 1 aliphatic rings. The van der Waals surface area contributed by atoms with E-state index in [4.69, 9.17) is 11.6 Å². The highest BCUT2D eigenvalue weighted by molar-refractivity contribution is 6.31. The molecule has 0 bridgehead atoms. The summed E-state index contributed by atoms with van der Waals surface area (Å²) in [5.41, 5.74) is 0.873. The van der Waals surface area contributed by atoms with Gasteiger partial charge in [0.1, 0.15) is 5.82 Å². The summed E-state index contributed by atoms with van der Waals surface area (Å²) in [6, 6.07) is 5.97. The molecule has 1 N–H and O–H groups in total. The molecule has 1 heterocycles. The van der Waals surface area contributed by atoms with Gasteiger partial charge in [-0.3, -0.25) is 4.90 Å². The molecule has 0 spiro atoms. The molecule has 2 unspecified atom stereocenters. The van der Waals surface area contributed by atoms with E-state index in [0.717, 1.165) is 18.7 Å². The van der Waals surface area contributed by atoms with Crippen molar-refractivity contribution in [1.82, 2.24) is 10.2 Å². The van der Waals surface area contributed by atoms with Crippen molar-refractivity contribution in [1.29, 1.82) is 0 Å². The highest BCUT2D eigenvalue weighted by atomic mass is 35.5. The van der Waals surface area contributed by atoms with E-state index in [9.17, 15) is 4.39 Å². The Labute approximate surface area is 119 Å². The standard InChI is InChI=1S/C15H22ClFN2/c1-10(2)14-9-19(11(3)7-18-14)8-12-5-4-6-13(17)15(12)16/h4-6,10-11,14,18H,7-9H2,1-3H3. The number of hydrogen-bond acceptors (Lipinski definition) is 2. The molecule has 106 valence electrons. The summed E-state index contributed by atoms with van der Waals surface area (Å²) < 4.78 is 13.5. The number of benzene rings is 1. The van der Waals surface area contributed by atoms with Gasteiger partial charge in [-0.2, -0.15) is 0 Å². The van der Waals surface area contributed by atoms with Crippen molar-refractivity contribution in [3.05, 3.63) is 34.6 Å². The SMILES string of the molecule is CC(C)C1CN(Cc2cccc(F)c2Cl)C(C)CN1. The molecule has 1 saturated heterocycles. The predicted octanol–water partition coefficient (Wildman–Crippen LogP) is 3.30. The second-order valence-electron chi connectivity index (χ2n) is 5.75. The zero-order valence-electron chi connectivity index (χ0n) is 11.8. The summed E-state index contributed by atoms with van der Waals surface area (Å²) in [4.78, 5) is 2.38. The van der Waals surface area contributed by atoms with Gasteiger partial charge in [-0.05, 0) is 24.5 Å². The average molecular weight is 285 g/mol. The summed E-state index contributed by atoms with van der Waals surface area (Å²) in [5.74, 6) is 0.264. The monoisotopic (exact) mass is 284 g/mol. The lowest BCUT2D eigenvalue weighted by Crippen LogP contribution is -2.56. The van der Waals surface area contributed by atoms with Crippen molar-refractivity contribution in [3.63, 3.8) is 0 Å². The van der Waals surface area contributed by atoms with Crippen molar-refractivity contribution in [2.24, 2.45) is 5.92 Å². The van der Waals surface area contributed by atoms with Gasteiger partial charge in [-0.15, -0.1) is 0 Å². The van der Waals surface area contributed by atoms with Gasteiger partial charge in [-0.1, -0.05) is 37.6 Å². The summed E-state index contributed by atoms with van der Waals surface area (Å²) in [6.45, 7) is 9.29. The lowest BCUT2D eigenvalue weighted by atomic mass is 9.99. The molecule has 1 aromatic carbocycles. The zero-order valence-corrected chi connectivity index (χ0v) is 12.5. The molecule has 1 aliphatic heterocycles. The molecule has 4 heteroatoms. The Morgan fingerprint density at radius 2 is 2.21 bits per heavy atom.